The number of alkyl halides is 2. The Morgan fingerprint density at radius 3 is 2.86 bits per heavy atom. The summed E-state index contributed by atoms with van der Waals surface area (Å²) in [5.74, 6) is 0.848. The zero-order valence-electron chi connectivity index (χ0n) is 12.3. The van der Waals surface area contributed by atoms with E-state index in [9.17, 15) is 8.78 Å². The van der Waals surface area contributed by atoms with Crippen LogP contribution in [0.5, 0.6) is 5.75 Å². The van der Waals surface area contributed by atoms with Crippen molar-refractivity contribution in [1.82, 2.24) is 15.1 Å². The highest BCUT2D eigenvalue weighted by molar-refractivity contribution is 5.85. The average molecular weight is 332 g/mol. The Kier molecular flexibility index (Phi) is 7.84. The number of ether oxygens (including phenoxy) is 1. The predicted molar refractivity (Wildman–Crippen MR) is 83.9 cm³/mol. The van der Waals surface area contributed by atoms with Crippen molar-refractivity contribution in [2.24, 2.45) is 0 Å². The third-order valence-electron chi connectivity index (χ3n) is 3.07. The molecule has 22 heavy (non-hydrogen) atoms. The molecule has 0 amide bonds. The lowest BCUT2D eigenvalue weighted by Gasteiger charge is -2.05. The molecule has 7 heteroatoms. The largest absolute Gasteiger partial charge is 0.497 e. The lowest BCUT2D eigenvalue weighted by molar-refractivity contribution is 0.122. The maximum Gasteiger partial charge on any atom is 0.257 e. The molecule has 0 saturated carbocycles. The third-order valence-corrected chi connectivity index (χ3v) is 3.07. The quantitative estimate of drug-likeness (QED) is 0.756. The van der Waals surface area contributed by atoms with Gasteiger partial charge in [0.2, 0.25) is 0 Å². The Balaban J connectivity index is 0.00000242. The van der Waals surface area contributed by atoms with Gasteiger partial charge in [-0.3, -0.25) is 4.68 Å². The van der Waals surface area contributed by atoms with Gasteiger partial charge >= 0.3 is 0 Å². The summed E-state index contributed by atoms with van der Waals surface area (Å²) in [5, 5.41) is 7.17. The summed E-state index contributed by atoms with van der Waals surface area (Å²) >= 11 is 0. The molecule has 0 bridgehead atoms. The van der Waals surface area contributed by atoms with Crippen LogP contribution in [0.4, 0.5) is 8.78 Å². The Morgan fingerprint density at radius 2 is 2.14 bits per heavy atom. The minimum absolute atomic E-state index is 0. The van der Waals surface area contributed by atoms with Gasteiger partial charge in [-0.25, -0.2) is 8.78 Å². The van der Waals surface area contributed by atoms with E-state index in [1.165, 1.54) is 10.2 Å². The molecule has 2 aromatic rings. The van der Waals surface area contributed by atoms with E-state index < -0.39 is 6.43 Å². The number of hydrogen-bond acceptors (Lipinski definition) is 3. The fraction of sp³-hybridized carbons (Fsp3) is 0.400. The maximum absolute atomic E-state index is 12.2. The van der Waals surface area contributed by atoms with Crippen LogP contribution in [-0.2, 0) is 19.5 Å². The molecule has 1 aromatic carbocycles. The summed E-state index contributed by atoms with van der Waals surface area (Å²) in [4.78, 5) is 0. The van der Waals surface area contributed by atoms with Crippen molar-refractivity contribution in [3.63, 3.8) is 0 Å². The van der Waals surface area contributed by atoms with Crippen molar-refractivity contribution in [3.05, 3.63) is 47.8 Å². The van der Waals surface area contributed by atoms with E-state index in [0.717, 1.165) is 24.3 Å². The molecule has 1 heterocycles. The summed E-state index contributed by atoms with van der Waals surface area (Å²) in [6.07, 6.45) is 1.76. The van der Waals surface area contributed by atoms with E-state index in [1.54, 1.807) is 19.5 Å². The minimum atomic E-state index is -2.38. The zero-order valence-corrected chi connectivity index (χ0v) is 13.2. The van der Waals surface area contributed by atoms with Gasteiger partial charge in [-0.2, -0.15) is 5.10 Å². The van der Waals surface area contributed by atoms with Gasteiger partial charge in [-0.15, -0.1) is 12.4 Å². The first-order valence-corrected chi connectivity index (χ1v) is 6.80. The molecule has 0 radical (unpaired) electrons. The van der Waals surface area contributed by atoms with E-state index in [2.05, 4.69) is 10.4 Å². The summed E-state index contributed by atoms with van der Waals surface area (Å²) in [6, 6.07) is 7.92. The lowest BCUT2D eigenvalue weighted by atomic mass is 10.1. The topological polar surface area (TPSA) is 39.1 Å². The number of halogens is 3. The predicted octanol–water partition coefficient (Wildman–Crippen LogP) is 2.91. The molecule has 2 rings (SSSR count). The van der Waals surface area contributed by atoms with E-state index in [4.69, 9.17) is 4.74 Å². The van der Waals surface area contributed by atoms with Gasteiger partial charge in [-0.1, -0.05) is 12.1 Å². The van der Waals surface area contributed by atoms with Crippen molar-refractivity contribution < 1.29 is 13.5 Å². The molecule has 0 aliphatic heterocycles. The molecule has 0 unspecified atom stereocenters. The van der Waals surface area contributed by atoms with Crippen LogP contribution in [0.3, 0.4) is 0 Å². The highest BCUT2D eigenvalue weighted by Gasteiger charge is 2.05. The first-order chi connectivity index (χ1) is 10.2. The second-order valence-electron chi connectivity index (χ2n) is 4.74. The van der Waals surface area contributed by atoms with Gasteiger partial charge in [0.05, 0.1) is 13.3 Å². The Morgan fingerprint density at radius 1 is 1.32 bits per heavy atom. The standard InChI is InChI=1S/C15H19F2N3O.ClH/c1-21-14-4-2-3-12(7-14)5-6-18-8-13-9-19-20(10-13)11-15(16)17;/h2-4,7,9-10,15,18H,5-6,8,11H2,1H3;1H. The number of hydrogen-bond donors (Lipinski definition) is 1. The number of aromatic nitrogens is 2. The number of nitrogens with zero attached hydrogens (tertiary/aromatic N) is 2. The molecular weight excluding hydrogens is 312 g/mol. The molecule has 0 saturated heterocycles. The van der Waals surface area contributed by atoms with Crippen molar-refractivity contribution in [2.75, 3.05) is 13.7 Å². The van der Waals surface area contributed by atoms with Crippen LogP contribution in [0.2, 0.25) is 0 Å². The van der Waals surface area contributed by atoms with Gasteiger partial charge in [0.1, 0.15) is 12.3 Å². The molecule has 0 spiro atoms. The minimum Gasteiger partial charge on any atom is -0.497 e. The van der Waals surface area contributed by atoms with E-state index in [-0.39, 0.29) is 19.0 Å². The van der Waals surface area contributed by atoms with Crippen LogP contribution in [-0.4, -0.2) is 29.9 Å². The Hall–Kier alpha value is -1.66. The van der Waals surface area contributed by atoms with Gasteiger partial charge < -0.3 is 10.1 Å². The second-order valence-corrected chi connectivity index (χ2v) is 4.74. The van der Waals surface area contributed by atoms with Gasteiger partial charge in [0.15, 0.2) is 0 Å². The first kappa shape index (κ1) is 18.4. The molecule has 0 aliphatic rings. The van der Waals surface area contributed by atoms with Crippen LogP contribution in [0.25, 0.3) is 0 Å². The normalized spacial score (nSPS) is 10.5. The van der Waals surface area contributed by atoms with E-state index in [0.29, 0.717) is 6.54 Å². The van der Waals surface area contributed by atoms with E-state index >= 15 is 0 Å². The SMILES string of the molecule is COc1cccc(CCNCc2cnn(CC(F)F)c2)c1.Cl. The van der Waals surface area contributed by atoms with Crippen LogP contribution in [0.1, 0.15) is 11.1 Å². The number of rotatable bonds is 8. The highest BCUT2D eigenvalue weighted by atomic mass is 35.5. The molecule has 0 aliphatic carbocycles. The zero-order chi connectivity index (χ0) is 15.1. The molecule has 4 nitrogen and oxygen atoms in total. The fourth-order valence-corrected chi connectivity index (χ4v) is 2.03. The number of nitrogens with one attached hydrogen (secondary N) is 1. The van der Waals surface area contributed by atoms with Gasteiger partial charge in [0, 0.05) is 18.3 Å². The number of methoxy groups -OCH3 is 1. The molecule has 0 atom stereocenters. The third kappa shape index (κ3) is 5.99. The monoisotopic (exact) mass is 331 g/mol. The molecule has 1 aromatic heterocycles. The van der Waals surface area contributed by atoms with Crippen molar-refractivity contribution in [3.8, 4) is 5.75 Å². The molecule has 122 valence electrons. The van der Waals surface area contributed by atoms with Crippen molar-refractivity contribution >= 4 is 12.4 Å². The maximum atomic E-state index is 12.2. The van der Waals surface area contributed by atoms with E-state index in [1.807, 2.05) is 24.3 Å². The Bertz CT molecular complexity index is 563. The van der Waals surface area contributed by atoms with Gasteiger partial charge in [-0.05, 0) is 30.7 Å². The van der Waals surface area contributed by atoms with Crippen LogP contribution >= 0.6 is 12.4 Å². The average Bonchev–Trinajstić information content (AvgIpc) is 2.90. The van der Waals surface area contributed by atoms with Crippen molar-refractivity contribution in [1.29, 1.82) is 0 Å². The second kappa shape index (κ2) is 9.38. The van der Waals surface area contributed by atoms with Crippen LogP contribution < -0.4 is 10.1 Å². The smallest absolute Gasteiger partial charge is 0.257 e. The Labute approximate surface area is 134 Å². The molecule has 0 fully saturated rings. The fourth-order valence-electron chi connectivity index (χ4n) is 2.03. The highest BCUT2D eigenvalue weighted by Crippen LogP contribution is 2.12. The summed E-state index contributed by atoms with van der Waals surface area (Å²) in [7, 11) is 1.65. The summed E-state index contributed by atoms with van der Waals surface area (Å²) < 4.78 is 30.8. The summed E-state index contributed by atoms with van der Waals surface area (Å²) in [6.45, 7) is 1.06. The van der Waals surface area contributed by atoms with Crippen molar-refractivity contribution in [2.45, 2.75) is 25.9 Å². The van der Waals surface area contributed by atoms with Gasteiger partial charge in [0.25, 0.3) is 6.43 Å². The molecular formula is C15H20ClF2N3O. The molecule has 1 N–H and O–H groups in total. The lowest BCUT2D eigenvalue weighted by Crippen LogP contribution is -2.16. The number of benzene rings is 1. The summed E-state index contributed by atoms with van der Waals surface area (Å²) in [5.41, 5.74) is 2.09. The first-order valence-electron chi connectivity index (χ1n) is 6.80. The van der Waals surface area contributed by atoms with Crippen LogP contribution in [0, 0.1) is 0 Å². The van der Waals surface area contributed by atoms with Crippen LogP contribution in [0.15, 0.2) is 36.7 Å².